The fraction of sp³-hybridized carbons (Fsp3) is 0.611. The van der Waals surface area contributed by atoms with Gasteiger partial charge in [-0.15, -0.1) is 0 Å². The van der Waals surface area contributed by atoms with E-state index in [2.05, 4.69) is 22.5 Å². The van der Waals surface area contributed by atoms with Crippen LogP contribution in [-0.4, -0.2) is 48.3 Å². The molecule has 5 heteroatoms. The van der Waals surface area contributed by atoms with Crippen molar-refractivity contribution in [3.05, 3.63) is 29.3 Å². The molecular formula is C18H29N3O2. The molecule has 2 amide bonds. The summed E-state index contributed by atoms with van der Waals surface area (Å²) in [6.07, 6.45) is 1.84. The van der Waals surface area contributed by atoms with Gasteiger partial charge in [0.25, 0.3) is 0 Å². The minimum atomic E-state index is -0.534. The summed E-state index contributed by atoms with van der Waals surface area (Å²) in [5.74, 6) is 0.782. The first kappa shape index (κ1) is 17.8. The Morgan fingerprint density at radius 3 is 2.70 bits per heavy atom. The van der Waals surface area contributed by atoms with Crippen LogP contribution in [0.1, 0.15) is 30.9 Å². The molecule has 2 rings (SSSR count). The van der Waals surface area contributed by atoms with Crippen LogP contribution in [0.2, 0.25) is 0 Å². The van der Waals surface area contributed by atoms with Gasteiger partial charge < -0.3 is 20.6 Å². The van der Waals surface area contributed by atoms with E-state index in [1.807, 2.05) is 32.0 Å². The van der Waals surface area contributed by atoms with Crippen molar-refractivity contribution in [1.29, 1.82) is 0 Å². The van der Waals surface area contributed by atoms with Crippen molar-refractivity contribution < 1.29 is 9.90 Å². The molecule has 0 saturated carbocycles. The summed E-state index contributed by atoms with van der Waals surface area (Å²) in [7, 11) is 0. The Balaban J connectivity index is 1.71. The summed E-state index contributed by atoms with van der Waals surface area (Å²) in [4.78, 5) is 14.2. The normalized spacial score (nSPS) is 17.7. The maximum absolute atomic E-state index is 11.9. The fourth-order valence-corrected chi connectivity index (χ4v) is 2.94. The number of aryl methyl sites for hydroxylation is 2. The molecule has 1 unspecified atom stereocenters. The van der Waals surface area contributed by atoms with Crippen LogP contribution in [0.5, 0.6) is 0 Å². The lowest BCUT2D eigenvalue weighted by Gasteiger charge is -2.31. The van der Waals surface area contributed by atoms with Crippen LogP contribution in [0.3, 0.4) is 0 Å². The van der Waals surface area contributed by atoms with Crippen LogP contribution < -0.4 is 10.6 Å². The number of likely N-dealkylation sites (tertiary alicyclic amines) is 1. The van der Waals surface area contributed by atoms with Crippen molar-refractivity contribution in [1.82, 2.24) is 10.2 Å². The SMILES string of the molecule is Cc1ccc(NC(=O)NCC(O)CN2CCC(C)CC2)c(C)c1. The maximum atomic E-state index is 11.9. The number of carbonyl (C=O) groups is 1. The topological polar surface area (TPSA) is 64.6 Å². The predicted octanol–water partition coefficient (Wildman–Crippen LogP) is 2.52. The number of rotatable bonds is 5. The van der Waals surface area contributed by atoms with Crippen molar-refractivity contribution in [3.63, 3.8) is 0 Å². The Morgan fingerprint density at radius 2 is 2.04 bits per heavy atom. The molecule has 1 fully saturated rings. The van der Waals surface area contributed by atoms with Gasteiger partial charge in [-0.2, -0.15) is 0 Å². The Labute approximate surface area is 139 Å². The zero-order chi connectivity index (χ0) is 16.8. The second-order valence-corrected chi connectivity index (χ2v) is 6.79. The van der Waals surface area contributed by atoms with Crippen LogP contribution >= 0.6 is 0 Å². The van der Waals surface area contributed by atoms with Crippen LogP contribution in [0.15, 0.2) is 18.2 Å². The number of nitrogens with one attached hydrogen (secondary N) is 2. The molecule has 1 aromatic rings. The van der Waals surface area contributed by atoms with Crippen molar-refractivity contribution in [2.24, 2.45) is 5.92 Å². The smallest absolute Gasteiger partial charge is 0.319 e. The van der Waals surface area contributed by atoms with E-state index in [-0.39, 0.29) is 12.6 Å². The third-order valence-corrected chi connectivity index (χ3v) is 4.47. The Hall–Kier alpha value is -1.59. The highest BCUT2D eigenvalue weighted by Gasteiger charge is 2.18. The molecule has 1 aliphatic rings. The molecule has 0 aromatic heterocycles. The first-order valence-corrected chi connectivity index (χ1v) is 8.46. The lowest BCUT2D eigenvalue weighted by molar-refractivity contribution is 0.0924. The number of aliphatic hydroxyl groups excluding tert-OH is 1. The summed E-state index contributed by atoms with van der Waals surface area (Å²) < 4.78 is 0. The molecule has 1 saturated heterocycles. The molecule has 1 aliphatic heterocycles. The summed E-state index contributed by atoms with van der Waals surface area (Å²) >= 11 is 0. The highest BCUT2D eigenvalue weighted by molar-refractivity contribution is 5.90. The van der Waals surface area contributed by atoms with E-state index in [0.717, 1.165) is 30.3 Å². The largest absolute Gasteiger partial charge is 0.390 e. The zero-order valence-electron chi connectivity index (χ0n) is 14.4. The van der Waals surface area contributed by atoms with E-state index >= 15 is 0 Å². The number of β-amino-alcohol motifs (C(OH)–C–C–N with tert-alkyl or cyclic N) is 1. The van der Waals surface area contributed by atoms with Gasteiger partial charge in [-0.05, 0) is 57.3 Å². The molecule has 0 bridgehead atoms. The molecule has 3 N–H and O–H groups in total. The molecule has 1 heterocycles. The molecule has 23 heavy (non-hydrogen) atoms. The van der Waals surface area contributed by atoms with Crippen LogP contribution in [-0.2, 0) is 0 Å². The van der Waals surface area contributed by atoms with E-state index in [4.69, 9.17) is 0 Å². The number of hydrogen-bond acceptors (Lipinski definition) is 3. The third-order valence-electron chi connectivity index (χ3n) is 4.47. The molecular weight excluding hydrogens is 290 g/mol. The van der Waals surface area contributed by atoms with Crippen LogP contribution in [0.25, 0.3) is 0 Å². The number of nitrogens with zero attached hydrogens (tertiary/aromatic N) is 1. The van der Waals surface area contributed by atoms with Gasteiger partial charge in [-0.25, -0.2) is 4.79 Å². The van der Waals surface area contributed by atoms with E-state index in [9.17, 15) is 9.90 Å². The summed E-state index contributed by atoms with van der Waals surface area (Å²) in [6, 6.07) is 5.62. The zero-order valence-corrected chi connectivity index (χ0v) is 14.4. The average Bonchev–Trinajstić information content (AvgIpc) is 2.50. The number of carbonyl (C=O) groups excluding carboxylic acids is 1. The molecule has 0 radical (unpaired) electrons. The Bertz CT molecular complexity index is 525. The molecule has 0 aliphatic carbocycles. The second-order valence-electron chi connectivity index (χ2n) is 6.79. The van der Waals surface area contributed by atoms with Gasteiger partial charge >= 0.3 is 6.03 Å². The van der Waals surface area contributed by atoms with Crippen molar-refractivity contribution in [2.45, 2.75) is 39.7 Å². The van der Waals surface area contributed by atoms with E-state index in [0.29, 0.717) is 6.54 Å². The predicted molar refractivity (Wildman–Crippen MR) is 93.8 cm³/mol. The van der Waals surface area contributed by atoms with Gasteiger partial charge in [0.1, 0.15) is 0 Å². The number of benzene rings is 1. The molecule has 0 spiro atoms. The number of hydrogen-bond donors (Lipinski definition) is 3. The number of aliphatic hydroxyl groups is 1. The second kappa shape index (κ2) is 8.31. The molecule has 128 valence electrons. The van der Waals surface area contributed by atoms with E-state index in [1.165, 1.54) is 18.4 Å². The van der Waals surface area contributed by atoms with Gasteiger partial charge in [-0.1, -0.05) is 24.6 Å². The van der Waals surface area contributed by atoms with E-state index in [1.54, 1.807) is 0 Å². The number of amides is 2. The third kappa shape index (κ3) is 5.84. The molecule has 1 atom stereocenters. The highest BCUT2D eigenvalue weighted by Crippen LogP contribution is 2.16. The van der Waals surface area contributed by atoms with Gasteiger partial charge in [0.05, 0.1) is 6.10 Å². The van der Waals surface area contributed by atoms with Crippen LogP contribution in [0.4, 0.5) is 10.5 Å². The monoisotopic (exact) mass is 319 g/mol. The van der Waals surface area contributed by atoms with Gasteiger partial charge in [-0.3, -0.25) is 0 Å². The van der Waals surface area contributed by atoms with Gasteiger partial charge in [0.2, 0.25) is 0 Å². The Kier molecular flexibility index (Phi) is 6.42. The lowest BCUT2D eigenvalue weighted by Crippen LogP contribution is -2.43. The molecule has 5 nitrogen and oxygen atoms in total. The number of piperidine rings is 1. The van der Waals surface area contributed by atoms with Crippen molar-refractivity contribution >= 4 is 11.7 Å². The maximum Gasteiger partial charge on any atom is 0.319 e. The highest BCUT2D eigenvalue weighted by atomic mass is 16.3. The van der Waals surface area contributed by atoms with Crippen molar-refractivity contribution in [3.8, 4) is 0 Å². The first-order valence-electron chi connectivity index (χ1n) is 8.46. The fourth-order valence-electron chi connectivity index (χ4n) is 2.94. The van der Waals surface area contributed by atoms with Gasteiger partial charge in [0.15, 0.2) is 0 Å². The summed E-state index contributed by atoms with van der Waals surface area (Å²) in [6.45, 7) is 9.22. The number of anilines is 1. The Morgan fingerprint density at radius 1 is 1.35 bits per heavy atom. The van der Waals surface area contributed by atoms with Crippen LogP contribution in [0, 0.1) is 19.8 Å². The minimum absolute atomic E-state index is 0.267. The minimum Gasteiger partial charge on any atom is -0.390 e. The molecule has 1 aromatic carbocycles. The number of urea groups is 1. The lowest BCUT2D eigenvalue weighted by atomic mass is 9.99. The van der Waals surface area contributed by atoms with Gasteiger partial charge in [0, 0.05) is 18.8 Å². The summed E-state index contributed by atoms with van der Waals surface area (Å²) in [5.41, 5.74) is 3.00. The average molecular weight is 319 g/mol. The van der Waals surface area contributed by atoms with Crippen molar-refractivity contribution in [2.75, 3.05) is 31.5 Å². The first-order chi connectivity index (χ1) is 10.9. The standard InChI is InChI=1S/C18H29N3O2/c1-13-6-8-21(9-7-13)12-16(22)11-19-18(23)20-17-5-4-14(2)10-15(17)3/h4-5,10,13,16,22H,6-9,11-12H2,1-3H3,(H2,19,20,23). The van der Waals surface area contributed by atoms with E-state index < -0.39 is 6.10 Å². The quantitative estimate of drug-likeness (QED) is 0.781. The summed E-state index contributed by atoms with van der Waals surface area (Å²) in [5, 5.41) is 15.7.